The Hall–Kier alpha value is -2.39. The lowest BCUT2D eigenvalue weighted by Gasteiger charge is -2.17. The van der Waals surface area contributed by atoms with Gasteiger partial charge in [0, 0.05) is 30.8 Å². The SMILES string of the molecule is CN[C@@H]1CCN(c2nc(N)nc3c2oc2ccc(S(C)(=O)=O)cc23)C1. The Labute approximate surface area is 144 Å². The van der Waals surface area contributed by atoms with E-state index in [0.717, 1.165) is 19.5 Å². The number of nitrogen functional groups attached to an aromatic ring is 1. The summed E-state index contributed by atoms with van der Waals surface area (Å²) in [5.74, 6) is 0.792. The van der Waals surface area contributed by atoms with Crippen LogP contribution in [-0.4, -0.2) is 50.8 Å². The first-order valence-corrected chi connectivity index (χ1v) is 9.88. The minimum Gasteiger partial charge on any atom is -0.450 e. The Kier molecular flexibility index (Phi) is 3.58. The minimum absolute atomic E-state index is 0.142. The number of likely N-dealkylation sites (N-methyl/N-ethyl adjacent to an activating group) is 1. The molecule has 1 fully saturated rings. The lowest BCUT2D eigenvalue weighted by Crippen LogP contribution is -2.30. The third-order valence-corrected chi connectivity index (χ3v) is 5.72. The molecule has 1 atom stereocenters. The molecule has 0 saturated carbocycles. The monoisotopic (exact) mass is 361 g/mol. The van der Waals surface area contributed by atoms with Gasteiger partial charge in [0.15, 0.2) is 21.2 Å². The lowest BCUT2D eigenvalue weighted by molar-refractivity contribution is 0.602. The van der Waals surface area contributed by atoms with Gasteiger partial charge in [-0.2, -0.15) is 4.98 Å². The first-order valence-electron chi connectivity index (χ1n) is 7.99. The van der Waals surface area contributed by atoms with Crippen molar-refractivity contribution in [1.29, 1.82) is 0 Å². The molecular formula is C16H19N5O3S. The molecule has 0 radical (unpaired) electrons. The zero-order chi connectivity index (χ0) is 17.8. The van der Waals surface area contributed by atoms with Crippen LogP contribution in [0, 0.1) is 0 Å². The van der Waals surface area contributed by atoms with Crippen LogP contribution >= 0.6 is 0 Å². The molecule has 1 saturated heterocycles. The summed E-state index contributed by atoms with van der Waals surface area (Å²) in [5.41, 5.74) is 7.54. The standard InChI is InChI=1S/C16H19N5O3S/c1-18-9-5-6-21(8-9)15-14-13(19-16(17)20-15)11-7-10(25(2,22)23)3-4-12(11)24-14/h3-4,7,9,18H,5-6,8H2,1-2H3,(H2,17,19,20)/t9-/m1/s1. The number of aromatic nitrogens is 2. The van der Waals surface area contributed by atoms with Crippen molar-refractivity contribution in [3.8, 4) is 0 Å². The molecule has 8 nitrogen and oxygen atoms in total. The van der Waals surface area contributed by atoms with Crippen molar-refractivity contribution in [3.05, 3.63) is 18.2 Å². The van der Waals surface area contributed by atoms with Gasteiger partial charge in [0.1, 0.15) is 11.1 Å². The fourth-order valence-electron chi connectivity index (χ4n) is 3.26. The molecule has 3 N–H and O–H groups in total. The van der Waals surface area contributed by atoms with Gasteiger partial charge in [-0.3, -0.25) is 0 Å². The first kappa shape index (κ1) is 16.1. The highest BCUT2D eigenvalue weighted by Crippen LogP contribution is 2.35. The molecule has 9 heteroatoms. The van der Waals surface area contributed by atoms with E-state index in [1.165, 1.54) is 12.3 Å². The maximum atomic E-state index is 11.8. The van der Waals surface area contributed by atoms with E-state index in [4.69, 9.17) is 10.2 Å². The molecule has 3 heterocycles. The summed E-state index contributed by atoms with van der Waals surface area (Å²) < 4.78 is 29.6. The Balaban J connectivity index is 1.94. The largest absolute Gasteiger partial charge is 0.450 e. The number of nitrogens with one attached hydrogen (secondary N) is 1. The number of rotatable bonds is 3. The average Bonchev–Trinajstić information content (AvgIpc) is 3.17. The number of nitrogens with two attached hydrogens (primary N) is 1. The van der Waals surface area contributed by atoms with Crippen LogP contribution in [0.4, 0.5) is 11.8 Å². The maximum Gasteiger partial charge on any atom is 0.222 e. The van der Waals surface area contributed by atoms with Crippen LogP contribution in [0.1, 0.15) is 6.42 Å². The summed E-state index contributed by atoms with van der Waals surface area (Å²) in [4.78, 5) is 11.0. The van der Waals surface area contributed by atoms with Crippen molar-refractivity contribution < 1.29 is 12.8 Å². The molecule has 4 rings (SSSR count). The highest BCUT2D eigenvalue weighted by atomic mass is 32.2. The summed E-state index contributed by atoms with van der Waals surface area (Å²) in [7, 11) is -1.39. The highest BCUT2D eigenvalue weighted by Gasteiger charge is 2.26. The van der Waals surface area contributed by atoms with Crippen molar-refractivity contribution in [1.82, 2.24) is 15.3 Å². The second kappa shape index (κ2) is 5.57. The van der Waals surface area contributed by atoms with Crippen LogP contribution in [-0.2, 0) is 9.84 Å². The Morgan fingerprint density at radius 1 is 1.36 bits per heavy atom. The Morgan fingerprint density at radius 2 is 2.16 bits per heavy atom. The summed E-state index contributed by atoms with van der Waals surface area (Å²) in [5, 5.41) is 3.89. The van der Waals surface area contributed by atoms with Crippen molar-refractivity contribution in [2.75, 3.05) is 37.0 Å². The molecule has 25 heavy (non-hydrogen) atoms. The molecular weight excluding hydrogens is 342 g/mol. The van der Waals surface area contributed by atoms with E-state index in [1.54, 1.807) is 12.1 Å². The molecule has 0 amide bonds. The van der Waals surface area contributed by atoms with Gasteiger partial charge < -0.3 is 20.4 Å². The number of hydrogen-bond donors (Lipinski definition) is 2. The molecule has 132 valence electrons. The van der Waals surface area contributed by atoms with Crippen molar-refractivity contribution >= 4 is 43.7 Å². The minimum atomic E-state index is -3.32. The van der Waals surface area contributed by atoms with Gasteiger partial charge in [0.25, 0.3) is 0 Å². The number of sulfone groups is 1. The fraction of sp³-hybridized carbons (Fsp3) is 0.375. The summed E-state index contributed by atoms with van der Waals surface area (Å²) in [6.07, 6.45) is 2.17. The number of hydrogen-bond acceptors (Lipinski definition) is 8. The number of anilines is 2. The molecule has 3 aromatic rings. The topological polar surface area (TPSA) is 114 Å². The van der Waals surface area contributed by atoms with E-state index in [9.17, 15) is 8.42 Å². The predicted molar refractivity (Wildman–Crippen MR) is 96.5 cm³/mol. The molecule has 0 spiro atoms. The van der Waals surface area contributed by atoms with E-state index in [-0.39, 0.29) is 10.8 Å². The van der Waals surface area contributed by atoms with E-state index >= 15 is 0 Å². The van der Waals surface area contributed by atoms with Gasteiger partial charge in [-0.15, -0.1) is 0 Å². The van der Waals surface area contributed by atoms with Gasteiger partial charge in [-0.25, -0.2) is 13.4 Å². The summed E-state index contributed by atoms with van der Waals surface area (Å²) in [6, 6.07) is 5.14. The van der Waals surface area contributed by atoms with Crippen molar-refractivity contribution in [2.45, 2.75) is 17.4 Å². The molecule has 1 aliphatic rings. The summed E-state index contributed by atoms with van der Waals surface area (Å²) >= 11 is 0. The zero-order valence-electron chi connectivity index (χ0n) is 14.0. The van der Waals surface area contributed by atoms with E-state index in [2.05, 4.69) is 20.2 Å². The third kappa shape index (κ3) is 2.69. The molecule has 2 aromatic heterocycles. The van der Waals surface area contributed by atoms with Crippen LogP contribution in [0.5, 0.6) is 0 Å². The second-order valence-electron chi connectivity index (χ2n) is 6.34. The van der Waals surface area contributed by atoms with Crippen LogP contribution in [0.15, 0.2) is 27.5 Å². The van der Waals surface area contributed by atoms with Crippen molar-refractivity contribution in [2.24, 2.45) is 0 Å². The number of furan rings is 1. The highest BCUT2D eigenvalue weighted by molar-refractivity contribution is 7.90. The number of nitrogens with zero attached hydrogens (tertiary/aromatic N) is 3. The molecule has 1 aliphatic heterocycles. The maximum absolute atomic E-state index is 11.8. The fourth-order valence-corrected chi connectivity index (χ4v) is 3.91. The first-order chi connectivity index (χ1) is 11.9. The van der Waals surface area contributed by atoms with Gasteiger partial charge in [-0.05, 0) is 31.7 Å². The average molecular weight is 361 g/mol. The normalized spacial score (nSPS) is 18.5. The van der Waals surface area contributed by atoms with Gasteiger partial charge in [-0.1, -0.05) is 0 Å². The summed E-state index contributed by atoms with van der Waals surface area (Å²) in [6.45, 7) is 1.64. The second-order valence-corrected chi connectivity index (χ2v) is 8.35. The van der Waals surface area contributed by atoms with Gasteiger partial charge >= 0.3 is 0 Å². The van der Waals surface area contributed by atoms with Crippen LogP contribution in [0.2, 0.25) is 0 Å². The number of fused-ring (bicyclic) bond motifs is 3. The van der Waals surface area contributed by atoms with Gasteiger partial charge in [0.05, 0.1) is 4.90 Å². The Bertz CT molecular complexity index is 1080. The predicted octanol–water partition coefficient (Wildman–Crippen LogP) is 1.16. The van der Waals surface area contributed by atoms with E-state index < -0.39 is 9.84 Å². The zero-order valence-corrected chi connectivity index (χ0v) is 14.8. The molecule has 0 aliphatic carbocycles. The van der Waals surface area contributed by atoms with Gasteiger partial charge in [0.2, 0.25) is 5.95 Å². The van der Waals surface area contributed by atoms with E-state index in [0.29, 0.717) is 33.9 Å². The molecule has 1 aromatic carbocycles. The molecule has 0 bridgehead atoms. The Morgan fingerprint density at radius 3 is 2.84 bits per heavy atom. The number of benzene rings is 1. The third-order valence-electron chi connectivity index (χ3n) is 4.61. The van der Waals surface area contributed by atoms with Crippen LogP contribution in [0.25, 0.3) is 22.1 Å². The lowest BCUT2D eigenvalue weighted by atomic mass is 10.2. The van der Waals surface area contributed by atoms with Crippen LogP contribution in [0.3, 0.4) is 0 Å². The van der Waals surface area contributed by atoms with Crippen molar-refractivity contribution in [3.63, 3.8) is 0 Å². The smallest absolute Gasteiger partial charge is 0.222 e. The molecule has 0 unspecified atom stereocenters. The van der Waals surface area contributed by atoms with E-state index in [1.807, 2.05) is 7.05 Å². The quantitative estimate of drug-likeness (QED) is 0.714. The van der Waals surface area contributed by atoms with Crippen LogP contribution < -0.4 is 16.0 Å².